The molecule has 0 atom stereocenters. The zero-order valence-electron chi connectivity index (χ0n) is 12.0. The maximum atomic E-state index is 12.6. The van der Waals surface area contributed by atoms with E-state index in [9.17, 15) is 14.9 Å². The predicted octanol–water partition coefficient (Wildman–Crippen LogP) is 3.50. The number of amides is 1. The summed E-state index contributed by atoms with van der Waals surface area (Å²) in [4.78, 5) is 26.0. The Kier molecular flexibility index (Phi) is 4.20. The van der Waals surface area contributed by atoms with Crippen molar-refractivity contribution >= 4 is 22.9 Å². The SMILES string of the molecule is O=C(c1ccc([N+](=O)[O-])cc1)N(CCc1cccs1)C1CC1. The number of carbonyl (C=O) groups excluding carboxylic acids is 1. The van der Waals surface area contributed by atoms with Gasteiger partial charge in [-0.15, -0.1) is 11.3 Å². The average molecular weight is 316 g/mol. The first-order valence-corrected chi connectivity index (χ1v) is 8.11. The number of rotatable bonds is 6. The zero-order chi connectivity index (χ0) is 15.5. The number of non-ortho nitro benzene ring substituents is 1. The zero-order valence-corrected chi connectivity index (χ0v) is 12.8. The van der Waals surface area contributed by atoms with Gasteiger partial charge in [0.15, 0.2) is 0 Å². The third-order valence-electron chi connectivity index (χ3n) is 3.75. The maximum Gasteiger partial charge on any atom is 0.269 e. The van der Waals surface area contributed by atoms with E-state index in [2.05, 4.69) is 6.07 Å². The van der Waals surface area contributed by atoms with Gasteiger partial charge < -0.3 is 4.90 Å². The molecule has 0 bridgehead atoms. The van der Waals surface area contributed by atoms with Gasteiger partial charge in [-0.25, -0.2) is 0 Å². The lowest BCUT2D eigenvalue weighted by Crippen LogP contribution is -2.34. The Morgan fingerprint density at radius 3 is 2.55 bits per heavy atom. The molecular formula is C16H16N2O3S. The van der Waals surface area contributed by atoms with Crippen molar-refractivity contribution in [2.24, 2.45) is 0 Å². The minimum Gasteiger partial charge on any atom is -0.335 e. The Labute approximate surface area is 132 Å². The molecule has 0 spiro atoms. The van der Waals surface area contributed by atoms with Gasteiger partial charge >= 0.3 is 0 Å². The molecule has 1 aliphatic carbocycles. The van der Waals surface area contributed by atoms with Crippen molar-refractivity contribution in [1.82, 2.24) is 4.90 Å². The molecular weight excluding hydrogens is 300 g/mol. The number of nitro benzene ring substituents is 1. The van der Waals surface area contributed by atoms with Crippen molar-refractivity contribution in [1.29, 1.82) is 0 Å². The number of nitro groups is 1. The van der Waals surface area contributed by atoms with Crippen molar-refractivity contribution in [2.75, 3.05) is 6.54 Å². The molecule has 1 fully saturated rings. The minimum atomic E-state index is -0.455. The lowest BCUT2D eigenvalue weighted by molar-refractivity contribution is -0.384. The van der Waals surface area contributed by atoms with E-state index in [1.165, 1.54) is 17.0 Å². The van der Waals surface area contributed by atoms with Crippen LogP contribution in [0.15, 0.2) is 41.8 Å². The molecule has 1 saturated carbocycles. The van der Waals surface area contributed by atoms with Gasteiger partial charge in [-0.1, -0.05) is 6.07 Å². The summed E-state index contributed by atoms with van der Waals surface area (Å²) in [5.41, 5.74) is 0.525. The highest BCUT2D eigenvalue weighted by Crippen LogP contribution is 2.29. The third kappa shape index (κ3) is 3.33. The van der Waals surface area contributed by atoms with Gasteiger partial charge in [0.1, 0.15) is 0 Å². The summed E-state index contributed by atoms with van der Waals surface area (Å²) in [6.07, 6.45) is 2.94. The van der Waals surface area contributed by atoms with Crippen molar-refractivity contribution in [3.63, 3.8) is 0 Å². The molecule has 0 N–H and O–H groups in total. The fourth-order valence-electron chi connectivity index (χ4n) is 2.41. The van der Waals surface area contributed by atoms with Crippen LogP contribution in [0.5, 0.6) is 0 Å². The summed E-state index contributed by atoms with van der Waals surface area (Å²) in [5, 5.41) is 12.7. The summed E-state index contributed by atoms with van der Waals surface area (Å²) in [6.45, 7) is 0.695. The molecule has 0 saturated heterocycles. The van der Waals surface area contributed by atoms with Crippen LogP contribution in [0, 0.1) is 10.1 Å². The van der Waals surface area contributed by atoms with E-state index in [0.717, 1.165) is 19.3 Å². The normalized spacial score (nSPS) is 13.8. The highest BCUT2D eigenvalue weighted by Gasteiger charge is 2.32. The average Bonchev–Trinajstić information content (AvgIpc) is 3.22. The van der Waals surface area contributed by atoms with Crippen molar-refractivity contribution in [3.05, 3.63) is 62.3 Å². The van der Waals surface area contributed by atoms with E-state index >= 15 is 0 Å². The van der Waals surface area contributed by atoms with Gasteiger partial charge in [-0.05, 0) is 42.8 Å². The van der Waals surface area contributed by atoms with E-state index in [-0.39, 0.29) is 11.6 Å². The molecule has 1 amide bonds. The second-order valence-corrected chi connectivity index (χ2v) is 6.40. The Morgan fingerprint density at radius 2 is 2.00 bits per heavy atom. The molecule has 1 aromatic heterocycles. The van der Waals surface area contributed by atoms with E-state index in [4.69, 9.17) is 0 Å². The largest absolute Gasteiger partial charge is 0.335 e. The van der Waals surface area contributed by atoms with Crippen molar-refractivity contribution in [3.8, 4) is 0 Å². The number of hydrogen-bond acceptors (Lipinski definition) is 4. The highest BCUT2D eigenvalue weighted by molar-refractivity contribution is 7.09. The fourth-order valence-corrected chi connectivity index (χ4v) is 3.11. The first-order chi connectivity index (χ1) is 10.6. The van der Waals surface area contributed by atoms with Crippen LogP contribution in [0.2, 0.25) is 0 Å². The Hall–Kier alpha value is -2.21. The number of benzene rings is 1. The summed E-state index contributed by atoms with van der Waals surface area (Å²) in [6, 6.07) is 10.3. The highest BCUT2D eigenvalue weighted by atomic mass is 32.1. The van der Waals surface area contributed by atoms with Crippen LogP contribution in [0.25, 0.3) is 0 Å². The molecule has 2 aromatic rings. The second-order valence-electron chi connectivity index (χ2n) is 5.36. The van der Waals surface area contributed by atoms with Crippen molar-refractivity contribution < 1.29 is 9.72 Å². The van der Waals surface area contributed by atoms with Gasteiger partial charge in [0, 0.05) is 35.2 Å². The lowest BCUT2D eigenvalue weighted by atomic mass is 10.1. The Morgan fingerprint density at radius 1 is 1.27 bits per heavy atom. The fraction of sp³-hybridized carbons (Fsp3) is 0.312. The molecule has 1 aliphatic rings. The number of nitrogens with zero attached hydrogens (tertiary/aromatic N) is 2. The van der Waals surface area contributed by atoms with E-state index in [1.54, 1.807) is 23.5 Å². The molecule has 0 radical (unpaired) electrons. The number of hydrogen-bond donors (Lipinski definition) is 0. The first-order valence-electron chi connectivity index (χ1n) is 7.23. The van der Waals surface area contributed by atoms with Gasteiger partial charge in [-0.2, -0.15) is 0 Å². The first kappa shape index (κ1) is 14.7. The molecule has 1 heterocycles. The van der Waals surface area contributed by atoms with E-state index in [1.807, 2.05) is 16.3 Å². The van der Waals surface area contributed by atoms with E-state index in [0.29, 0.717) is 18.2 Å². The van der Waals surface area contributed by atoms with Crippen LogP contribution in [0.3, 0.4) is 0 Å². The molecule has 0 unspecified atom stereocenters. The molecule has 0 aliphatic heterocycles. The summed E-state index contributed by atoms with van der Waals surface area (Å²) in [5.74, 6) is -0.0334. The molecule has 6 heteroatoms. The van der Waals surface area contributed by atoms with Crippen molar-refractivity contribution in [2.45, 2.75) is 25.3 Å². The lowest BCUT2D eigenvalue weighted by Gasteiger charge is -2.22. The Balaban J connectivity index is 1.70. The topological polar surface area (TPSA) is 63.4 Å². The molecule has 5 nitrogen and oxygen atoms in total. The van der Waals surface area contributed by atoms with Crippen LogP contribution in [0.1, 0.15) is 28.1 Å². The monoisotopic (exact) mass is 316 g/mol. The smallest absolute Gasteiger partial charge is 0.269 e. The van der Waals surface area contributed by atoms with Gasteiger partial charge in [-0.3, -0.25) is 14.9 Å². The minimum absolute atomic E-state index is 0.00751. The molecule has 3 rings (SSSR count). The molecule has 22 heavy (non-hydrogen) atoms. The van der Waals surface area contributed by atoms with Gasteiger partial charge in [0.05, 0.1) is 4.92 Å². The van der Waals surface area contributed by atoms with Gasteiger partial charge in [0.25, 0.3) is 11.6 Å². The van der Waals surface area contributed by atoms with Crippen LogP contribution < -0.4 is 0 Å². The maximum absolute atomic E-state index is 12.6. The van der Waals surface area contributed by atoms with Crippen LogP contribution in [-0.2, 0) is 6.42 Å². The van der Waals surface area contributed by atoms with Crippen LogP contribution in [-0.4, -0.2) is 28.3 Å². The standard InChI is InChI=1S/C16H16N2O3S/c19-16(12-3-5-14(6-4-12)18(20)21)17(13-7-8-13)10-9-15-2-1-11-22-15/h1-6,11,13H,7-10H2. The summed E-state index contributed by atoms with van der Waals surface area (Å²) >= 11 is 1.70. The quantitative estimate of drug-likeness (QED) is 0.605. The number of carbonyl (C=O) groups is 1. The number of thiophene rings is 1. The third-order valence-corrected chi connectivity index (χ3v) is 4.69. The van der Waals surface area contributed by atoms with Gasteiger partial charge in [0.2, 0.25) is 0 Å². The Bertz CT molecular complexity index is 663. The predicted molar refractivity (Wildman–Crippen MR) is 85.2 cm³/mol. The molecule has 114 valence electrons. The second kappa shape index (κ2) is 6.27. The van der Waals surface area contributed by atoms with Crippen LogP contribution in [0.4, 0.5) is 5.69 Å². The molecule has 1 aromatic carbocycles. The summed E-state index contributed by atoms with van der Waals surface area (Å²) in [7, 11) is 0. The summed E-state index contributed by atoms with van der Waals surface area (Å²) < 4.78 is 0. The van der Waals surface area contributed by atoms with E-state index < -0.39 is 4.92 Å². The van der Waals surface area contributed by atoms with Crippen LogP contribution >= 0.6 is 11.3 Å².